The highest BCUT2D eigenvalue weighted by Crippen LogP contribution is 2.26. The first-order valence-corrected chi connectivity index (χ1v) is 6.05. The molecule has 0 aliphatic heterocycles. The van der Waals surface area contributed by atoms with Gasteiger partial charge in [-0.05, 0) is 37.2 Å². The maximum absolute atomic E-state index is 5.98. The second-order valence-electron chi connectivity index (χ2n) is 3.28. The second-order valence-corrected chi connectivity index (χ2v) is 3.72. The minimum Gasteiger partial charge on any atom is -0.388 e. The number of allylic oxidation sites excluding steroid dienone is 1. The molecule has 0 aromatic heterocycles. The van der Waals surface area contributed by atoms with Gasteiger partial charge in [-0.25, -0.2) is 0 Å². The van der Waals surface area contributed by atoms with E-state index in [9.17, 15) is 0 Å². The molecule has 0 unspecified atom stereocenters. The second kappa shape index (κ2) is 9.05. The summed E-state index contributed by atoms with van der Waals surface area (Å²) in [6.45, 7) is 2.63. The van der Waals surface area contributed by atoms with E-state index in [-0.39, 0.29) is 0 Å². The minimum atomic E-state index is 0.531. The fourth-order valence-corrected chi connectivity index (χ4v) is 1.72. The molecule has 0 heterocycles. The molecule has 1 aromatic carbocycles. The number of hydrogen-bond donors (Lipinski definition) is 3. The summed E-state index contributed by atoms with van der Waals surface area (Å²) in [6.07, 6.45) is 3.11. The average Bonchev–Trinajstić information content (AvgIpc) is 2.38. The van der Waals surface area contributed by atoms with Crippen LogP contribution in [-0.4, -0.2) is 20.6 Å². The number of nitrogens with one attached hydrogen (secondary N) is 1. The monoisotopic (exact) mass is 255 g/mol. The number of anilines is 1. The Morgan fingerprint density at radius 2 is 2.06 bits per heavy atom. The number of halogens is 1. The van der Waals surface area contributed by atoms with Gasteiger partial charge in [-0.2, -0.15) is 0 Å². The van der Waals surface area contributed by atoms with E-state index in [1.165, 1.54) is 7.05 Å². The molecule has 0 amide bonds. The summed E-state index contributed by atoms with van der Waals surface area (Å²) in [4.78, 5) is 0. The van der Waals surface area contributed by atoms with Crippen LogP contribution in [0.5, 0.6) is 0 Å². The van der Waals surface area contributed by atoms with E-state index in [4.69, 9.17) is 17.3 Å². The first-order chi connectivity index (χ1) is 8.22. The van der Waals surface area contributed by atoms with Crippen LogP contribution in [0.25, 0.3) is 5.57 Å². The van der Waals surface area contributed by atoms with Gasteiger partial charge in [-0.3, -0.25) is 0 Å². The third kappa shape index (κ3) is 4.77. The normalized spacial score (nSPS) is 10.6. The zero-order chi connectivity index (χ0) is 13.3. The van der Waals surface area contributed by atoms with Gasteiger partial charge in [0.25, 0.3) is 0 Å². The SMILES string of the molecule is CC/C=C(\CN)c1cc(Cl)ccc1NC.CN. The predicted octanol–water partition coefficient (Wildman–Crippen LogP) is 2.71. The van der Waals surface area contributed by atoms with Crippen LogP contribution < -0.4 is 16.8 Å². The van der Waals surface area contributed by atoms with Gasteiger partial charge < -0.3 is 16.8 Å². The lowest BCUT2D eigenvalue weighted by Gasteiger charge is -2.11. The molecule has 4 heteroatoms. The molecule has 0 aliphatic rings. The molecule has 17 heavy (non-hydrogen) atoms. The summed E-state index contributed by atoms with van der Waals surface area (Å²) in [6, 6.07) is 5.79. The number of nitrogens with two attached hydrogens (primary N) is 2. The van der Waals surface area contributed by atoms with Gasteiger partial charge in [-0.1, -0.05) is 24.6 Å². The Labute approximate surface area is 109 Å². The first kappa shape index (κ1) is 16.0. The van der Waals surface area contributed by atoms with Crippen molar-refractivity contribution in [2.75, 3.05) is 26.0 Å². The van der Waals surface area contributed by atoms with E-state index in [0.29, 0.717) is 6.54 Å². The van der Waals surface area contributed by atoms with Gasteiger partial charge in [0.1, 0.15) is 0 Å². The fourth-order valence-electron chi connectivity index (χ4n) is 1.55. The van der Waals surface area contributed by atoms with E-state index in [1.807, 2.05) is 25.2 Å². The molecule has 3 nitrogen and oxygen atoms in total. The van der Waals surface area contributed by atoms with Crippen molar-refractivity contribution in [2.24, 2.45) is 11.5 Å². The topological polar surface area (TPSA) is 64.1 Å². The van der Waals surface area contributed by atoms with Crippen LogP contribution in [0.3, 0.4) is 0 Å². The van der Waals surface area contributed by atoms with E-state index in [0.717, 1.165) is 28.3 Å². The zero-order valence-electron chi connectivity index (χ0n) is 10.8. The van der Waals surface area contributed by atoms with Crippen LogP contribution in [0.15, 0.2) is 24.3 Å². The Hall–Kier alpha value is -1.03. The van der Waals surface area contributed by atoms with Crippen molar-refractivity contribution in [3.05, 3.63) is 34.9 Å². The highest BCUT2D eigenvalue weighted by molar-refractivity contribution is 6.30. The van der Waals surface area contributed by atoms with Crippen molar-refractivity contribution in [2.45, 2.75) is 13.3 Å². The third-order valence-corrected chi connectivity index (χ3v) is 2.50. The van der Waals surface area contributed by atoms with E-state index >= 15 is 0 Å². The Bertz CT molecular complexity index is 362. The van der Waals surface area contributed by atoms with Crippen molar-refractivity contribution < 1.29 is 0 Å². The Balaban J connectivity index is 0.00000121. The quantitative estimate of drug-likeness (QED) is 0.775. The maximum atomic E-state index is 5.98. The molecule has 0 saturated heterocycles. The van der Waals surface area contributed by atoms with Crippen LogP contribution in [-0.2, 0) is 0 Å². The van der Waals surface area contributed by atoms with Crippen molar-refractivity contribution in [3.8, 4) is 0 Å². The van der Waals surface area contributed by atoms with Gasteiger partial charge in [-0.15, -0.1) is 0 Å². The average molecular weight is 256 g/mol. The summed E-state index contributed by atoms with van der Waals surface area (Å²) in [5.41, 5.74) is 13.5. The van der Waals surface area contributed by atoms with Crippen LogP contribution in [0.1, 0.15) is 18.9 Å². The zero-order valence-corrected chi connectivity index (χ0v) is 11.5. The maximum Gasteiger partial charge on any atom is 0.0415 e. The fraction of sp³-hybridized carbons (Fsp3) is 0.385. The van der Waals surface area contributed by atoms with Crippen molar-refractivity contribution in [3.63, 3.8) is 0 Å². The largest absolute Gasteiger partial charge is 0.388 e. The molecule has 0 saturated carbocycles. The minimum absolute atomic E-state index is 0.531. The lowest BCUT2D eigenvalue weighted by molar-refractivity contribution is 1.18. The number of benzene rings is 1. The molecule has 5 N–H and O–H groups in total. The summed E-state index contributed by atoms with van der Waals surface area (Å²) in [7, 11) is 3.40. The predicted molar refractivity (Wildman–Crippen MR) is 78.4 cm³/mol. The summed E-state index contributed by atoms with van der Waals surface area (Å²) in [5.74, 6) is 0. The molecule has 0 radical (unpaired) electrons. The van der Waals surface area contributed by atoms with Gasteiger partial charge in [0.05, 0.1) is 0 Å². The summed E-state index contributed by atoms with van der Waals surface area (Å²) < 4.78 is 0. The molecular formula is C13H22ClN3. The van der Waals surface area contributed by atoms with E-state index in [2.05, 4.69) is 24.1 Å². The first-order valence-electron chi connectivity index (χ1n) is 5.67. The summed E-state index contributed by atoms with van der Waals surface area (Å²) in [5, 5.41) is 3.88. The molecule has 0 fully saturated rings. The molecular weight excluding hydrogens is 234 g/mol. The smallest absolute Gasteiger partial charge is 0.0415 e. The number of hydrogen-bond acceptors (Lipinski definition) is 3. The number of rotatable bonds is 4. The van der Waals surface area contributed by atoms with Gasteiger partial charge in [0.15, 0.2) is 0 Å². The lowest BCUT2D eigenvalue weighted by Crippen LogP contribution is -2.05. The lowest BCUT2D eigenvalue weighted by atomic mass is 10.0. The van der Waals surface area contributed by atoms with Crippen molar-refractivity contribution in [1.82, 2.24) is 0 Å². The molecule has 0 spiro atoms. The van der Waals surface area contributed by atoms with E-state index in [1.54, 1.807) is 0 Å². The molecule has 0 aliphatic carbocycles. The molecule has 1 rings (SSSR count). The highest BCUT2D eigenvalue weighted by atomic mass is 35.5. The highest BCUT2D eigenvalue weighted by Gasteiger charge is 2.05. The molecule has 0 atom stereocenters. The van der Waals surface area contributed by atoms with Crippen molar-refractivity contribution >= 4 is 22.9 Å². The van der Waals surface area contributed by atoms with Crippen LogP contribution in [0.2, 0.25) is 5.02 Å². The Morgan fingerprint density at radius 1 is 1.41 bits per heavy atom. The Kier molecular flexibility index (Phi) is 8.50. The van der Waals surface area contributed by atoms with Crippen LogP contribution in [0, 0.1) is 0 Å². The van der Waals surface area contributed by atoms with E-state index < -0.39 is 0 Å². The van der Waals surface area contributed by atoms with Gasteiger partial charge in [0.2, 0.25) is 0 Å². The molecule has 0 bridgehead atoms. The van der Waals surface area contributed by atoms with Crippen LogP contribution >= 0.6 is 11.6 Å². The van der Waals surface area contributed by atoms with Gasteiger partial charge >= 0.3 is 0 Å². The molecule has 1 aromatic rings. The third-order valence-electron chi connectivity index (χ3n) is 2.27. The Morgan fingerprint density at radius 3 is 2.53 bits per heavy atom. The van der Waals surface area contributed by atoms with Crippen molar-refractivity contribution in [1.29, 1.82) is 0 Å². The molecule has 96 valence electrons. The summed E-state index contributed by atoms with van der Waals surface area (Å²) >= 11 is 5.98. The standard InChI is InChI=1S/C12H17ClN2.CH5N/c1-3-4-9(8-14)11-7-10(13)5-6-12(11)15-2;1-2/h4-7,15H,3,8,14H2,1-2H3;2H2,1H3/b9-4+;. The van der Waals surface area contributed by atoms with Gasteiger partial charge in [0, 0.05) is 29.9 Å². The van der Waals surface area contributed by atoms with Crippen LogP contribution in [0.4, 0.5) is 5.69 Å².